The first-order valence-electron chi connectivity index (χ1n) is 17.1. The number of hydrogen-bond acceptors (Lipinski definition) is 8. The fraction of sp³-hybridized carbons (Fsp3) is 0.647. The Bertz CT molecular complexity index is 1200. The van der Waals surface area contributed by atoms with Crippen molar-refractivity contribution in [2.45, 2.75) is 96.9 Å². The molecular formula is C34H54N6O6S2. The molecule has 12 nitrogen and oxygen atoms in total. The molecule has 1 aliphatic carbocycles. The van der Waals surface area contributed by atoms with Crippen LogP contribution in [0.1, 0.15) is 90.9 Å². The molecule has 2 rings (SSSR count). The topological polar surface area (TPSA) is 153 Å². The van der Waals surface area contributed by atoms with Gasteiger partial charge in [-0.05, 0) is 55.1 Å². The minimum atomic E-state index is -0.690. The van der Waals surface area contributed by atoms with Crippen LogP contribution in [0, 0.1) is 25.6 Å². The molecule has 0 saturated heterocycles. The summed E-state index contributed by atoms with van der Waals surface area (Å²) >= 11 is 10.7. The van der Waals surface area contributed by atoms with Crippen LogP contribution >= 0.6 is 24.4 Å². The summed E-state index contributed by atoms with van der Waals surface area (Å²) < 4.78 is 12.2. The molecule has 268 valence electrons. The van der Waals surface area contributed by atoms with Crippen molar-refractivity contribution in [3.05, 3.63) is 68.4 Å². The molecule has 0 aliphatic heterocycles. The highest BCUT2D eigenvalue weighted by atomic mass is 32.1. The van der Waals surface area contributed by atoms with Crippen molar-refractivity contribution >= 4 is 46.0 Å². The third-order valence-electron chi connectivity index (χ3n) is 8.04. The summed E-state index contributed by atoms with van der Waals surface area (Å²) in [5, 5.41) is 35.0. The van der Waals surface area contributed by atoms with E-state index in [1.165, 1.54) is 69.9 Å². The minimum Gasteiger partial charge on any atom is -0.379 e. The van der Waals surface area contributed by atoms with Crippen molar-refractivity contribution in [3.8, 4) is 0 Å². The van der Waals surface area contributed by atoms with Crippen molar-refractivity contribution in [1.82, 2.24) is 16.0 Å². The number of thiocarbonyl (C=S) groups is 2. The fourth-order valence-electron chi connectivity index (χ4n) is 5.21. The maximum Gasteiger partial charge on any atom is 0.269 e. The predicted molar refractivity (Wildman–Crippen MR) is 200 cm³/mol. The number of benzene rings is 1. The maximum absolute atomic E-state index is 10.9. The number of hydrogen-bond donors (Lipinski definition) is 4. The van der Waals surface area contributed by atoms with E-state index in [9.17, 15) is 20.2 Å². The average Bonchev–Trinajstić information content (AvgIpc) is 3.06. The lowest BCUT2D eigenvalue weighted by Gasteiger charge is -2.29. The highest BCUT2D eigenvalue weighted by Gasteiger charge is 2.25. The Morgan fingerprint density at radius 1 is 0.854 bits per heavy atom. The van der Waals surface area contributed by atoms with Crippen molar-refractivity contribution < 1.29 is 19.3 Å². The largest absolute Gasteiger partial charge is 0.379 e. The molecule has 0 amide bonds. The summed E-state index contributed by atoms with van der Waals surface area (Å²) in [6, 6.07) is 5.39. The number of nitrogens with zero attached hydrogens (tertiary/aromatic N) is 2. The molecule has 1 unspecified atom stereocenters. The van der Waals surface area contributed by atoms with Gasteiger partial charge in [0, 0.05) is 53.4 Å². The summed E-state index contributed by atoms with van der Waals surface area (Å²) in [5.41, 5.74) is 1.28. The van der Waals surface area contributed by atoms with Crippen LogP contribution in [0.15, 0.2) is 48.2 Å². The number of unbranched alkanes of at least 4 members (excludes halogenated alkanes) is 9. The van der Waals surface area contributed by atoms with Crippen molar-refractivity contribution in [2.24, 2.45) is 5.41 Å². The Hall–Kier alpha value is -3.20. The molecule has 48 heavy (non-hydrogen) atoms. The van der Waals surface area contributed by atoms with Crippen LogP contribution in [0.5, 0.6) is 0 Å². The molecule has 2 atom stereocenters. The van der Waals surface area contributed by atoms with Crippen LogP contribution in [-0.4, -0.2) is 65.6 Å². The van der Waals surface area contributed by atoms with Crippen LogP contribution < -0.4 is 21.3 Å². The van der Waals surface area contributed by atoms with E-state index < -0.39 is 11.0 Å². The molecular weight excluding hydrogens is 653 g/mol. The molecule has 0 aromatic heterocycles. The summed E-state index contributed by atoms with van der Waals surface area (Å²) in [5.74, 6) is 0. The van der Waals surface area contributed by atoms with Gasteiger partial charge in [0.25, 0.3) is 5.69 Å². The lowest BCUT2D eigenvalue weighted by molar-refractivity contribution is -0.508. The van der Waals surface area contributed by atoms with Crippen LogP contribution in [0.2, 0.25) is 0 Å². The van der Waals surface area contributed by atoms with E-state index in [4.69, 9.17) is 33.9 Å². The highest BCUT2D eigenvalue weighted by molar-refractivity contribution is 7.80. The Kier molecular flexibility index (Phi) is 20.5. The number of nitro groups is 2. The quantitative estimate of drug-likeness (QED) is 0.0353. The zero-order valence-electron chi connectivity index (χ0n) is 28.5. The third kappa shape index (κ3) is 18.4. The average molecular weight is 707 g/mol. The van der Waals surface area contributed by atoms with E-state index in [1.54, 1.807) is 30.4 Å². The van der Waals surface area contributed by atoms with Gasteiger partial charge in [-0.15, -0.1) is 0 Å². The fourth-order valence-corrected chi connectivity index (χ4v) is 5.65. The zero-order valence-corrected chi connectivity index (χ0v) is 30.1. The van der Waals surface area contributed by atoms with E-state index in [1.807, 2.05) is 0 Å². The van der Waals surface area contributed by atoms with E-state index in [0.717, 1.165) is 18.5 Å². The third-order valence-corrected chi connectivity index (χ3v) is 8.53. The highest BCUT2D eigenvalue weighted by Crippen LogP contribution is 2.26. The van der Waals surface area contributed by atoms with Crippen LogP contribution in [0.4, 0.5) is 11.4 Å². The number of nitro benzene ring substituents is 1. The number of anilines is 1. The van der Waals surface area contributed by atoms with Crippen molar-refractivity contribution in [2.75, 3.05) is 44.8 Å². The lowest BCUT2D eigenvalue weighted by atomic mass is 9.86. The maximum atomic E-state index is 10.9. The second kappa shape index (κ2) is 24.0. The van der Waals surface area contributed by atoms with Gasteiger partial charge in [0.05, 0.1) is 31.4 Å². The van der Waals surface area contributed by atoms with Gasteiger partial charge in [-0.25, -0.2) is 0 Å². The Labute approximate surface area is 296 Å². The van der Waals surface area contributed by atoms with E-state index >= 15 is 0 Å². The Morgan fingerprint density at radius 2 is 1.40 bits per heavy atom. The second-order valence-corrected chi connectivity index (χ2v) is 13.3. The predicted octanol–water partition coefficient (Wildman–Crippen LogP) is 7.18. The molecule has 1 aromatic carbocycles. The zero-order chi connectivity index (χ0) is 35.0. The van der Waals surface area contributed by atoms with Crippen molar-refractivity contribution in [3.63, 3.8) is 0 Å². The van der Waals surface area contributed by atoms with E-state index in [2.05, 4.69) is 35.1 Å². The first kappa shape index (κ1) is 41.0. The van der Waals surface area contributed by atoms with Gasteiger partial charge in [0.1, 0.15) is 0 Å². The summed E-state index contributed by atoms with van der Waals surface area (Å²) in [7, 11) is 0. The Morgan fingerprint density at radius 3 is 1.90 bits per heavy atom. The van der Waals surface area contributed by atoms with Gasteiger partial charge in [-0.3, -0.25) is 20.2 Å². The SMILES string of the molecule is CCCCCCCCCCCC[C@@](C)(COCCNC(=S)NC1=CCC([N+](=O)[O-])C=C1)COCCNC(=S)Nc1ccc([N+](=O)[O-])cc1. The molecule has 0 radical (unpaired) electrons. The van der Waals surface area contributed by atoms with Crippen LogP contribution in [0.25, 0.3) is 0 Å². The smallest absolute Gasteiger partial charge is 0.269 e. The van der Waals surface area contributed by atoms with Crippen molar-refractivity contribution in [1.29, 1.82) is 0 Å². The molecule has 4 N–H and O–H groups in total. The standard InChI is InChI=1S/C34H54N6O6S2/c1-3-4-5-6-7-8-9-10-11-12-21-34(2,26-45-24-22-35-32(47)37-28-13-17-30(18-14-28)39(41)42)27-46-25-23-36-33(48)38-29-15-19-31(20-16-29)40(43)44/h13-19,31H,3-12,20-27H2,1-2H3,(H2,35,37,47)(H2,36,38,48)/t31?,34-/m1/s1. The van der Waals surface area contributed by atoms with E-state index in [-0.39, 0.29) is 16.0 Å². The molecule has 14 heteroatoms. The number of rotatable bonds is 25. The van der Waals surface area contributed by atoms with Gasteiger partial charge in [0.15, 0.2) is 10.2 Å². The first-order chi connectivity index (χ1) is 23.1. The number of non-ortho nitro benzene ring substituents is 1. The first-order valence-corrected chi connectivity index (χ1v) is 17.9. The number of ether oxygens (including phenoxy) is 2. The van der Waals surface area contributed by atoms with Crippen LogP contribution in [0.3, 0.4) is 0 Å². The molecule has 0 spiro atoms. The second-order valence-electron chi connectivity index (χ2n) is 12.5. The van der Waals surface area contributed by atoms with Gasteiger partial charge in [0.2, 0.25) is 6.04 Å². The Balaban J connectivity index is 1.70. The molecule has 0 heterocycles. The minimum absolute atomic E-state index is 0.0240. The monoisotopic (exact) mass is 706 g/mol. The van der Waals surface area contributed by atoms with Crippen LogP contribution in [-0.2, 0) is 9.47 Å². The molecule has 1 aliphatic rings. The summed E-state index contributed by atoms with van der Waals surface area (Å²) in [4.78, 5) is 21.0. The molecule has 0 bridgehead atoms. The molecule has 0 saturated carbocycles. The number of allylic oxidation sites excluding steroid dienone is 1. The number of nitrogens with one attached hydrogen (secondary N) is 4. The molecule has 0 fully saturated rings. The summed E-state index contributed by atoms with van der Waals surface area (Å²) in [6.07, 6.45) is 19.2. The lowest BCUT2D eigenvalue weighted by Crippen LogP contribution is -2.38. The van der Waals surface area contributed by atoms with Gasteiger partial charge < -0.3 is 30.7 Å². The van der Waals surface area contributed by atoms with Gasteiger partial charge in [-0.2, -0.15) is 0 Å². The summed E-state index contributed by atoms with van der Waals surface area (Å²) in [6.45, 7) is 7.53. The van der Waals surface area contributed by atoms with Gasteiger partial charge in [-0.1, -0.05) is 84.1 Å². The molecule has 1 aromatic rings. The normalized spacial score (nSPS) is 15.2. The van der Waals surface area contributed by atoms with Gasteiger partial charge >= 0.3 is 0 Å². The van der Waals surface area contributed by atoms with E-state index in [0.29, 0.717) is 61.9 Å².